The third kappa shape index (κ3) is 4.10. The van der Waals surface area contributed by atoms with E-state index in [4.69, 9.17) is 0 Å². The fourth-order valence-corrected chi connectivity index (χ4v) is 2.76. The van der Waals surface area contributed by atoms with Gasteiger partial charge in [-0.1, -0.05) is 12.8 Å². The summed E-state index contributed by atoms with van der Waals surface area (Å²) in [7, 11) is 0. The Morgan fingerprint density at radius 3 is 2.74 bits per heavy atom. The zero-order valence-corrected chi connectivity index (χ0v) is 11.6. The molecule has 0 unspecified atom stereocenters. The van der Waals surface area contributed by atoms with Gasteiger partial charge in [0.25, 0.3) is 0 Å². The summed E-state index contributed by atoms with van der Waals surface area (Å²) >= 11 is 0. The third-order valence-electron chi connectivity index (χ3n) is 4.05. The number of amides is 1. The van der Waals surface area contributed by atoms with Crippen LogP contribution < -0.4 is 5.32 Å². The van der Waals surface area contributed by atoms with Crippen LogP contribution in [0.3, 0.4) is 0 Å². The zero-order valence-electron chi connectivity index (χ0n) is 11.6. The highest BCUT2D eigenvalue weighted by atomic mass is 16.3. The van der Waals surface area contributed by atoms with Gasteiger partial charge in [0.15, 0.2) is 0 Å². The second-order valence-electron chi connectivity index (χ2n) is 5.60. The summed E-state index contributed by atoms with van der Waals surface area (Å²) in [6.45, 7) is 2.65. The first-order valence-corrected chi connectivity index (χ1v) is 7.24. The van der Waals surface area contributed by atoms with Crippen LogP contribution in [0.1, 0.15) is 45.1 Å². The van der Waals surface area contributed by atoms with Crippen molar-refractivity contribution >= 4 is 5.91 Å². The number of hydrogen-bond acceptors (Lipinski definition) is 2. The van der Waals surface area contributed by atoms with Gasteiger partial charge < -0.3 is 15.0 Å². The van der Waals surface area contributed by atoms with E-state index in [9.17, 15) is 9.90 Å². The predicted molar refractivity (Wildman–Crippen MR) is 74.7 cm³/mol. The summed E-state index contributed by atoms with van der Waals surface area (Å²) in [6, 6.07) is 4.10. The molecule has 1 heterocycles. The Morgan fingerprint density at radius 1 is 1.37 bits per heavy atom. The van der Waals surface area contributed by atoms with E-state index < -0.39 is 0 Å². The number of aromatic nitrogens is 1. The molecule has 1 aliphatic rings. The second-order valence-corrected chi connectivity index (χ2v) is 5.60. The Bertz CT molecular complexity index is 389. The molecule has 1 aliphatic carbocycles. The fourth-order valence-electron chi connectivity index (χ4n) is 2.76. The van der Waals surface area contributed by atoms with Gasteiger partial charge in [-0.2, -0.15) is 0 Å². The van der Waals surface area contributed by atoms with Gasteiger partial charge in [0, 0.05) is 37.3 Å². The van der Waals surface area contributed by atoms with Crippen molar-refractivity contribution in [3.63, 3.8) is 0 Å². The van der Waals surface area contributed by atoms with Crippen LogP contribution in [0, 0.1) is 5.92 Å². The number of nitrogens with one attached hydrogen (secondary N) is 1. The molecule has 4 heteroatoms. The molecule has 1 aromatic heterocycles. The van der Waals surface area contributed by atoms with E-state index in [0.29, 0.717) is 13.0 Å². The molecule has 2 rings (SSSR count). The Balaban J connectivity index is 1.72. The molecule has 2 N–H and O–H groups in total. The molecule has 0 bridgehead atoms. The van der Waals surface area contributed by atoms with E-state index in [1.165, 1.54) is 0 Å². The monoisotopic (exact) mass is 264 g/mol. The molecule has 0 aliphatic heterocycles. The molecule has 1 amide bonds. The van der Waals surface area contributed by atoms with Crippen LogP contribution in [-0.2, 0) is 4.79 Å². The largest absolute Gasteiger partial charge is 0.393 e. The van der Waals surface area contributed by atoms with Crippen molar-refractivity contribution in [1.82, 2.24) is 9.88 Å². The average Bonchev–Trinajstić information content (AvgIpc) is 2.91. The number of aliphatic hydroxyl groups is 1. The summed E-state index contributed by atoms with van der Waals surface area (Å²) in [5.74, 6) is 0.304. The van der Waals surface area contributed by atoms with E-state index in [0.717, 1.165) is 25.7 Å². The van der Waals surface area contributed by atoms with Crippen LogP contribution in [0.2, 0.25) is 0 Å². The lowest BCUT2D eigenvalue weighted by atomic mass is 9.86. The quantitative estimate of drug-likeness (QED) is 0.855. The molecule has 0 aromatic carbocycles. The van der Waals surface area contributed by atoms with Crippen LogP contribution in [0.25, 0.3) is 0 Å². The van der Waals surface area contributed by atoms with Crippen molar-refractivity contribution in [2.75, 3.05) is 6.54 Å². The Hall–Kier alpha value is -1.29. The molecular formula is C15H24N2O2. The van der Waals surface area contributed by atoms with E-state index in [-0.39, 0.29) is 24.0 Å². The van der Waals surface area contributed by atoms with E-state index in [1.807, 2.05) is 36.0 Å². The van der Waals surface area contributed by atoms with Gasteiger partial charge >= 0.3 is 0 Å². The molecule has 4 nitrogen and oxygen atoms in total. The molecule has 3 atom stereocenters. The molecule has 1 saturated carbocycles. The average molecular weight is 264 g/mol. The molecule has 106 valence electrons. The van der Waals surface area contributed by atoms with Gasteiger partial charge in [-0.25, -0.2) is 0 Å². The number of rotatable bonds is 5. The van der Waals surface area contributed by atoms with E-state index in [2.05, 4.69) is 5.32 Å². The van der Waals surface area contributed by atoms with Gasteiger partial charge in [0.05, 0.1) is 6.10 Å². The van der Waals surface area contributed by atoms with Gasteiger partial charge in [-0.05, 0) is 31.9 Å². The minimum atomic E-state index is -0.240. The highest BCUT2D eigenvalue weighted by Crippen LogP contribution is 2.23. The summed E-state index contributed by atoms with van der Waals surface area (Å²) in [4.78, 5) is 11.9. The van der Waals surface area contributed by atoms with Crippen LogP contribution in [0.5, 0.6) is 0 Å². The van der Waals surface area contributed by atoms with E-state index in [1.54, 1.807) is 0 Å². The number of aliphatic hydroxyl groups excluding tert-OH is 1. The third-order valence-corrected chi connectivity index (χ3v) is 4.05. The Labute approximate surface area is 114 Å². The van der Waals surface area contributed by atoms with Gasteiger partial charge in [-0.15, -0.1) is 0 Å². The maximum absolute atomic E-state index is 11.9. The topological polar surface area (TPSA) is 54.3 Å². The lowest BCUT2D eigenvalue weighted by Crippen LogP contribution is -2.37. The molecule has 1 aromatic rings. The van der Waals surface area contributed by atoms with Crippen molar-refractivity contribution in [3.05, 3.63) is 24.5 Å². The number of hydrogen-bond donors (Lipinski definition) is 2. The van der Waals surface area contributed by atoms with Crippen LogP contribution in [0.4, 0.5) is 0 Å². The van der Waals surface area contributed by atoms with Crippen LogP contribution in [-0.4, -0.2) is 28.2 Å². The lowest BCUT2D eigenvalue weighted by Gasteiger charge is -2.27. The predicted octanol–water partition coefficient (Wildman–Crippen LogP) is 2.11. The smallest absolute Gasteiger partial charge is 0.222 e. The Kier molecular flexibility index (Phi) is 5.02. The molecular weight excluding hydrogens is 240 g/mol. The van der Waals surface area contributed by atoms with Gasteiger partial charge in [0.2, 0.25) is 5.91 Å². The Morgan fingerprint density at radius 2 is 2.05 bits per heavy atom. The van der Waals surface area contributed by atoms with Crippen molar-refractivity contribution in [2.45, 2.75) is 51.2 Å². The second kappa shape index (κ2) is 6.75. The summed E-state index contributed by atoms with van der Waals surface area (Å²) in [6.07, 6.45) is 8.36. The number of carbonyl (C=O) groups excluding carboxylic acids is 1. The first-order valence-electron chi connectivity index (χ1n) is 7.24. The highest BCUT2D eigenvalue weighted by Gasteiger charge is 2.23. The minimum Gasteiger partial charge on any atom is -0.393 e. The van der Waals surface area contributed by atoms with Crippen molar-refractivity contribution in [3.8, 4) is 0 Å². The van der Waals surface area contributed by atoms with Crippen molar-refractivity contribution in [1.29, 1.82) is 0 Å². The standard InChI is InChI=1S/C15H24N2O2/c1-12(17-8-4-5-9-17)10-15(19)16-11-13-6-2-3-7-14(13)18/h4-5,8-9,12-14,18H,2-3,6-7,10-11H2,1H3,(H,16,19)/t12-,13-,14+/m1/s1. The summed E-state index contributed by atoms with van der Waals surface area (Å²) < 4.78 is 2.04. The van der Waals surface area contributed by atoms with Gasteiger partial charge in [-0.3, -0.25) is 4.79 Å². The van der Waals surface area contributed by atoms with Crippen LogP contribution >= 0.6 is 0 Å². The first-order chi connectivity index (χ1) is 9.16. The molecule has 1 fully saturated rings. The maximum atomic E-state index is 11.9. The summed E-state index contributed by atoms with van der Waals surface area (Å²) in [5.41, 5.74) is 0. The van der Waals surface area contributed by atoms with Crippen molar-refractivity contribution < 1.29 is 9.90 Å². The lowest BCUT2D eigenvalue weighted by molar-refractivity contribution is -0.122. The maximum Gasteiger partial charge on any atom is 0.222 e. The molecule has 0 saturated heterocycles. The summed E-state index contributed by atoms with van der Waals surface area (Å²) in [5, 5.41) is 12.8. The SMILES string of the molecule is C[C@H](CC(=O)NC[C@H]1CCCC[C@@H]1O)n1cccc1. The number of nitrogens with zero attached hydrogens (tertiary/aromatic N) is 1. The normalized spacial score (nSPS) is 24.9. The minimum absolute atomic E-state index is 0.0685. The highest BCUT2D eigenvalue weighted by molar-refractivity contribution is 5.76. The molecule has 0 spiro atoms. The van der Waals surface area contributed by atoms with Gasteiger partial charge in [0.1, 0.15) is 0 Å². The van der Waals surface area contributed by atoms with Crippen molar-refractivity contribution in [2.24, 2.45) is 5.92 Å². The first kappa shape index (κ1) is 14.1. The fraction of sp³-hybridized carbons (Fsp3) is 0.667. The molecule has 0 radical (unpaired) electrons. The number of carbonyl (C=O) groups is 1. The van der Waals surface area contributed by atoms with Crippen LogP contribution in [0.15, 0.2) is 24.5 Å². The van der Waals surface area contributed by atoms with E-state index >= 15 is 0 Å². The molecule has 19 heavy (non-hydrogen) atoms. The zero-order chi connectivity index (χ0) is 13.7.